The minimum Gasteiger partial charge on any atom is -0.481 e. The van der Waals surface area contributed by atoms with Gasteiger partial charge in [-0.05, 0) is 12.5 Å². The number of ether oxygens (including phenoxy) is 2. The number of rotatable bonds is 2. The zero-order valence-electron chi connectivity index (χ0n) is 8.14. The summed E-state index contributed by atoms with van der Waals surface area (Å²) >= 11 is 0. The number of nitrogens with two attached hydrogens (primary N) is 1. The van der Waals surface area contributed by atoms with E-state index in [4.69, 9.17) is 15.2 Å². The molecule has 2 N–H and O–H groups in total. The first kappa shape index (κ1) is 9.43. The van der Waals surface area contributed by atoms with E-state index < -0.39 is 0 Å². The molecular weight excluding hydrogens is 180 g/mol. The standard InChI is InChI=1S/C10H14N2O2/c1-13-9-3-2-7(6-12-9)10-8(11)4-5-14-10/h2-3,6,8,10H,4-5,11H2,1H3/t8-,10-/m1/s1. The maximum atomic E-state index is 5.90. The third-order valence-electron chi connectivity index (χ3n) is 2.43. The van der Waals surface area contributed by atoms with Gasteiger partial charge in [0.2, 0.25) is 5.88 Å². The van der Waals surface area contributed by atoms with E-state index in [-0.39, 0.29) is 12.1 Å². The van der Waals surface area contributed by atoms with Crippen molar-refractivity contribution in [3.8, 4) is 5.88 Å². The summed E-state index contributed by atoms with van der Waals surface area (Å²) in [5, 5.41) is 0. The van der Waals surface area contributed by atoms with E-state index in [2.05, 4.69) is 4.98 Å². The molecule has 0 spiro atoms. The zero-order chi connectivity index (χ0) is 9.97. The van der Waals surface area contributed by atoms with Gasteiger partial charge in [-0.15, -0.1) is 0 Å². The summed E-state index contributed by atoms with van der Waals surface area (Å²) in [6.45, 7) is 0.734. The van der Waals surface area contributed by atoms with E-state index in [0.717, 1.165) is 18.6 Å². The van der Waals surface area contributed by atoms with Crippen molar-refractivity contribution in [1.29, 1.82) is 0 Å². The molecule has 1 saturated heterocycles. The van der Waals surface area contributed by atoms with Crippen molar-refractivity contribution >= 4 is 0 Å². The second kappa shape index (κ2) is 3.94. The van der Waals surface area contributed by atoms with Gasteiger partial charge in [-0.1, -0.05) is 0 Å². The molecule has 0 aliphatic carbocycles. The first-order valence-electron chi connectivity index (χ1n) is 4.68. The second-order valence-electron chi connectivity index (χ2n) is 3.38. The van der Waals surface area contributed by atoms with Crippen molar-refractivity contribution in [3.63, 3.8) is 0 Å². The normalized spacial score (nSPS) is 26.4. The van der Waals surface area contributed by atoms with Crippen molar-refractivity contribution in [2.45, 2.75) is 18.6 Å². The van der Waals surface area contributed by atoms with Gasteiger partial charge in [0.15, 0.2) is 0 Å². The Balaban J connectivity index is 2.16. The number of hydrogen-bond donors (Lipinski definition) is 1. The molecule has 4 nitrogen and oxygen atoms in total. The molecule has 1 aliphatic rings. The summed E-state index contributed by atoms with van der Waals surface area (Å²) in [6.07, 6.45) is 2.67. The fourth-order valence-electron chi connectivity index (χ4n) is 1.63. The van der Waals surface area contributed by atoms with Crippen LogP contribution in [-0.4, -0.2) is 24.7 Å². The Hall–Kier alpha value is -1.13. The molecule has 1 aromatic rings. The fraction of sp³-hybridized carbons (Fsp3) is 0.500. The summed E-state index contributed by atoms with van der Waals surface area (Å²) in [7, 11) is 1.60. The van der Waals surface area contributed by atoms with E-state index in [1.54, 1.807) is 13.3 Å². The molecule has 0 bridgehead atoms. The smallest absolute Gasteiger partial charge is 0.212 e. The van der Waals surface area contributed by atoms with Gasteiger partial charge >= 0.3 is 0 Å². The number of hydrogen-bond acceptors (Lipinski definition) is 4. The van der Waals surface area contributed by atoms with Crippen LogP contribution in [-0.2, 0) is 4.74 Å². The van der Waals surface area contributed by atoms with Gasteiger partial charge in [0.05, 0.1) is 13.2 Å². The fourth-order valence-corrected chi connectivity index (χ4v) is 1.63. The molecule has 0 unspecified atom stereocenters. The molecule has 76 valence electrons. The van der Waals surface area contributed by atoms with E-state index >= 15 is 0 Å². The van der Waals surface area contributed by atoms with E-state index in [9.17, 15) is 0 Å². The van der Waals surface area contributed by atoms with Crippen molar-refractivity contribution in [2.75, 3.05) is 13.7 Å². The molecule has 0 amide bonds. The van der Waals surface area contributed by atoms with Gasteiger partial charge in [0.1, 0.15) is 0 Å². The number of pyridine rings is 1. The SMILES string of the molecule is COc1ccc([C@H]2OCC[C@H]2N)cn1. The second-order valence-corrected chi connectivity index (χ2v) is 3.38. The van der Waals surface area contributed by atoms with Crippen LogP contribution in [0.5, 0.6) is 5.88 Å². The molecule has 0 radical (unpaired) electrons. The van der Waals surface area contributed by atoms with E-state index in [1.807, 2.05) is 12.1 Å². The van der Waals surface area contributed by atoms with Crippen LogP contribution in [0.2, 0.25) is 0 Å². The molecule has 1 aromatic heterocycles. The minimum atomic E-state index is -0.00611. The van der Waals surface area contributed by atoms with E-state index in [0.29, 0.717) is 5.88 Å². The van der Waals surface area contributed by atoms with Crippen LogP contribution < -0.4 is 10.5 Å². The number of methoxy groups -OCH3 is 1. The largest absolute Gasteiger partial charge is 0.481 e. The van der Waals surface area contributed by atoms with Crippen LogP contribution in [0.15, 0.2) is 18.3 Å². The lowest BCUT2D eigenvalue weighted by Gasteiger charge is -2.14. The molecule has 1 fully saturated rings. The Kier molecular flexibility index (Phi) is 2.65. The zero-order valence-corrected chi connectivity index (χ0v) is 8.14. The topological polar surface area (TPSA) is 57.4 Å². The lowest BCUT2D eigenvalue weighted by atomic mass is 10.1. The van der Waals surface area contributed by atoms with Crippen LogP contribution in [0.4, 0.5) is 0 Å². The molecule has 14 heavy (non-hydrogen) atoms. The highest BCUT2D eigenvalue weighted by Crippen LogP contribution is 2.27. The Morgan fingerprint density at radius 2 is 2.43 bits per heavy atom. The summed E-state index contributed by atoms with van der Waals surface area (Å²) in [4.78, 5) is 4.12. The third-order valence-corrected chi connectivity index (χ3v) is 2.43. The lowest BCUT2D eigenvalue weighted by Crippen LogP contribution is -2.23. The van der Waals surface area contributed by atoms with Crippen LogP contribution in [0.25, 0.3) is 0 Å². The van der Waals surface area contributed by atoms with Gasteiger partial charge < -0.3 is 15.2 Å². The Morgan fingerprint density at radius 1 is 1.57 bits per heavy atom. The Bertz CT molecular complexity index is 299. The van der Waals surface area contributed by atoms with Crippen molar-refractivity contribution < 1.29 is 9.47 Å². The van der Waals surface area contributed by atoms with Crippen molar-refractivity contribution in [3.05, 3.63) is 23.9 Å². The maximum Gasteiger partial charge on any atom is 0.212 e. The molecule has 1 aliphatic heterocycles. The van der Waals surface area contributed by atoms with E-state index in [1.165, 1.54) is 0 Å². The predicted molar refractivity (Wildman–Crippen MR) is 52.1 cm³/mol. The minimum absolute atomic E-state index is 0.00611. The van der Waals surface area contributed by atoms with Gasteiger partial charge in [-0.3, -0.25) is 0 Å². The van der Waals surface area contributed by atoms with Gasteiger partial charge in [-0.25, -0.2) is 4.98 Å². The van der Waals surface area contributed by atoms with Gasteiger partial charge in [0, 0.05) is 30.5 Å². The van der Waals surface area contributed by atoms with Crippen LogP contribution >= 0.6 is 0 Å². The van der Waals surface area contributed by atoms with Crippen LogP contribution in [0.3, 0.4) is 0 Å². The quantitative estimate of drug-likeness (QED) is 0.759. The number of nitrogens with zero attached hydrogens (tertiary/aromatic N) is 1. The molecule has 0 saturated carbocycles. The molecule has 2 rings (SSSR count). The predicted octanol–water partition coefficient (Wildman–Crippen LogP) is 0.879. The Morgan fingerprint density at radius 3 is 2.93 bits per heavy atom. The average molecular weight is 194 g/mol. The highest BCUT2D eigenvalue weighted by Gasteiger charge is 2.26. The average Bonchev–Trinajstić information content (AvgIpc) is 2.65. The molecule has 0 aromatic carbocycles. The van der Waals surface area contributed by atoms with Crippen molar-refractivity contribution in [1.82, 2.24) is 4.98 Å². The number of aromatic nitrogens is 1. The highest BCUT2D eigenvalue weighted by molar-refractivity contribution is 5.21. The monoisotopic (exact) mass is 194 g/mol. The van der Waals surface area contributed by atoms with Gasteiger partial charge in [-0.2, -0.15) is 0 Å². The third kappa shape index (κ3) is 1.71. The van der Waals surface area contributed by atoms with Crippen LogP contribution in [0.1, 0.15) is 18.1 Å². The Labute approximate surface area is 83.0 Å². The van der Waals surface area contributed by atoms with Crippen molar-refractivity contribution in [2.24, 2.45) is 5.73 Å². The summed E-state index contributed by atoms with van der Waals surface area (Å²) < 4.78 is 10.5. The maximum absolute atomic E-state index is 5.90. The lowest BCUT2D eigenvalue weighted by molar-refractivity contribution is 0.105. The summed E-state index contributed by atoms with van der Waals surface area (Å²) in [5.41, 5.74) is 6.92. The molecule has 4 heteroatoms. The van der Waals surface area contributed by atoms with Crippen LogP contribution in [0, 0.1) is 0 Å². The molecule has 2 atom stereocenters. The highest BCUT2D eigenvalue weighted by atomic mass is 16.5. The molecule has 2 heterocycles. The molecular formula is C10H14N2O2. The first-order chi connectivity index (χ1) is 6.81. The first-order valence-corrected chi connectivity index (χ1v) is 4.68. The summed E-state index contributed by atoms with van der Waals surface area (Å²) in [5.74, 6) is 0.611. The van der Waals surface area contributed by atoms with Gasteiger partial charge in [0.25, 0.3) is 0 Å². The summed E-state index contributed by atoms with van der Waals surface area (Å²) in [6, 6.07) is 3.86.